The number of likely N-dealkylation sites (tertiary alicyclic amines) is 1. The maximum atomic E-state index is 10.5. The Balaban J connectivity index is 1.80. The number of nitrogens with zero attached hydrogens (tertiary/aromatic N) is 3. The SMILES string of the molecule is C[C@@H]1C[C@@H](C)CN(C/C(O)=C(\C#N)c2nc(-c3ccccc3)cs2)C1. The summed E-state index contributed by atoms with van der Waals surface area (Å²) in [5.41, 5.74) is 2.14. The second-order valence-electron chi connectivity index (χ2n) is 6.98. The molecule has 5 heteroatoms. The number of hydrogen-bond donors (Lipinski definition) is 1. The van der Waals surface area contributed by atoms with Crippen molar-refractivity contribution in [2.75, 3.05) is 19.6 Å². The van der Waals surface area contributed by atoms with Gasteiger partial charge in [0.25, 0.3) is 0 Å². The standard InChI is InChI=1S/C20H23N3OS/c1-14-8-15(2)11-23(10-14)12-19(24)17(9-21)20-22-18(13-25-20)16-6-4-3-5-7-16/h3-7,13-15,24H,8,10-12H2,1-2H3/b19-17-/t14-,15-/m1/s1. The zero-order valence-electron chi connectivity index (χ0n) is 14.6. The third kappa shape index (κ3) is 4.28. The van der Waals surface area contributed by atoms with E-state index >= 15 is 0 Å². The number of nitriles is 1. The molecule has 130 valence electrons. The largest absolute Gasteiger partial charge is 0.509 e. The molecular weight excluding hydrogens is 330 g/mol. The molecule has 2 aromatic rings. The Morgan fingerprint density at radius 2 is 1.96 bits per heavy atom. The molecule has 3 rings (SSSR count). The highest BCUT2D eigenvalue weighted by Gasteiger charge is 2.24. The Hall–Kier alpha value is -2.16. The molecule has 0 bridgehead atoms. The van der Waals surface area contributed by atoms with Gasteiger partial charge >= 0.3 is 0 Å². The Kier molecular flexibility index (Phi) is 5.52. The molecule has 2 heterocycles. The topological polar surface area (TPSA) is 60.1 Å². The molecule has 0 spiro atoms. The van der Waals surface area contributed by atoms with Crippen molar-refractivity contribution >= 4 is 16.9 Å². The summed E-state index contributed by atoms with van der Waals surface area (Å²) in [5, 5.41) is 22.6. The van der Waals surface area contributed by atoms with Crippen LogP contribution in [0.3, 0.4) is 0 Å². The third-order valence-electron chi connectivity index (χ3n) is 4.51. The highest BCUT2D eigenvalue weighted by Crippen LogP contribution is 2.28. The molecule has 2 atom stereocenters. The van der Waals surface area contributed by atoms with Gasteiger partial charge < -0.3 is 5.11 Å². The summed E-state index contributed by atoms with van der Waals surface area (Å²) >= 11 is 1.40. The molecule has 1 N–H and O–H groups in total. The lowest BCUT2D eigenvalue weighted by atomic mass is 9.92. The van der Waals surface area contributed by atoms with Gasteiger partial charge in [0.15, 0.2) is 0 Å². The Bertz CT molecular complexity index is 781. The van der Waals surface area contributed by atoms with Gasteiger partial charge in [-0.3, -0.25) is 4.90 Å². The maximum Gasteiger partial charge on any atom is 0.138 e. The van der Waals surface area contributed by atoms with Crippen molar-refractivity contribution in [3.8, 4) is 17.3 Å². The number of allylic oxidation sites excluding steroid dienone is 1. The predicted molar refractivity (Wildman–Crippen MR) is 102 cm³/mol. The molecule has 1 aromatic heterocycles. The van der Waals surface area contributed by atoms with Crippen molar-refractivity contribution < 1.29 is 5.11 Å². The van der Waals surface area contributed by atoms with Crippen molar-refractivity contribution in [3.05, 3.63) is 46.5 Å². The van der Waals surface area contributed by atoms with E-state index in [2.05, 4.69) is 29.8 Å². The summed E-state index contributed by atoms with van der Waals surface area (Å²) in [6.45, 7) is 6.81. The number of piperidine rings is 1. The van der Waals surface area contributed by atoms with E-state index in [0.29, 0.717) is 23.4 Å². The van der Waals surface area contributed by atoms with Gasteiger partial charge in [0, 0.05) is 24.0 Å². The van der Waals surface area contributed by atoms with Gasteiger partial charge in [-0.05, 0) is 18.3 Å². The summed E-state index contributed by atoms with van der Waals surface area (Å²) < 4.78 is 0. The number of rotatable bonds is 4. The van der Waals surface area contributed by atoms with Gasteiger partial charge in [0.2, 0.25) is 0 Å². The summed E-state index contributed by atoms with van der Waals surface area (Å²) in [4.78, 5) is 6.79. The first-order valence-corrected chi connectivity index (χ1v) is 9.50. The van der Waals surface area contributed by atoms with Crippen molar-refractivity contribution in [3.63, 3.8) is 0 Å². The Labute approximate surface area is 153 Å². The highest BCUT2D eigenvalue weighted by atomic mass is 32.1. The number of thiazole rings is 1. The van der Waals surface area contributed by atoms with Crippen LogP contribution in [0.4, 0.5) is 0 Å². The lowest BCUT2D eigenvalue weighted by Crippen LogP contribution is -2.39. The molecule has 0 amide bonds. The van der Waals surface area contributed by atoms with E-state index in [1.807, 2.05) is 35.7 Å². The summed E-state index contributed by atoms with van der Waals surface area (Å²) in [7, 11) is 0. The number of aromatic nitrogens is 1. The summed E-state index contributed by atoms with van der Waals surface area (Å²) in [6.07, 6.45) is 1.22. The van der Waals surface area contributed by atoms with E-state index in [0.717, 1.165) is 24.3 Å². The van der Waals surface area contributed by atoms with Crippen LogP contribution in [-0.2, 0) is 0 Å². The number of aliphatic hydroxyl groups excluding tert-OH is 1. The van der Waals surface area contributed by atoms with E-state index < -0.39 is 0 Å². The molecule has 1 fully saturated rings. The smallest absolute Gasteiger partial charge is 0.138 e. The average Bonchev–Trinajstić information content (AvgIpc) is 3.05. The van der Waals surface area contributed by atoms with E-state index in [9.17, 15) is 10.4 Å². The fraction of sp³-hybridized carbons (Fsp3) is 0.400. The van der Waals surface area contributed by atoms with Crippen LogP contribution >= 0.6 is 11.3 Å². The number of aliphatic hydroxyl groups is 1. The Morgan fingerprint density at radius 1 is 1.28 bits per heavy atom. The van der Waals surface area contributed by atoms with Crippen molar-refractivity contribution in [1.29, 1.82) is 5.26 Å². The normalized spacial score (nSPS) is 22.3. The van der Waals surface area contributed by atoms with E-state index in [4.69, 9.17) is 0 Å². The molecule has 4 nitrogen and oxygen atoms in total. The molecular formula is C20H23N3OS. The number of benzene rings is 1. The predicted octanol–water partition coefficient (Wildman–Crippen LogP) is 4.58. The molecule has 0 unspecified atom stereocenters. The van der Waals surface area contributed by atoms with Crippen LogP contribution in [-0.4, -0.2) is 34.6 Å². The monoisotopic (exact) mass is 353 g/mol. The van der Waals surface area contributed by atoms with Gasteiger partial charge in [-0.15, -0.1) is 11.3 Å². The van der Waals surface area contributed by atoms with Gasteiger partial charge in [-0.2, -0.15) is 5.26 Å². The zero-order chi connectivity index (χ0) is 17.8. The molecule has 1 aliphatic rings. The second kappa shape index (κ2) is 7.81. The molecule has 1 saturated heterocycles. The first kappa shape index (κ1) is 17.7. The fourth-order valence-corrected chi connectivity index (χ4v) is 4.42. The van der Waals surface area contributed by atoms with Crippen LogP contribution in [0.5, 0.6) is 0 Å². The minimum atomic E-state index is 0.123. The second-order valence-corrected chi connectivity index (χ2v) is 7.84. The molecule has 1 aromatic carbocycles. The lowest BCUT2D eigenvalue weighted by molar-refractivity contribution is 0.138. The minimum Gasteiger partial charge on any atom is -0.509 e. The van der Waals surface area contributed by atoms with Gasteiger partial charge in [0.05, 0.1) is 12.2 Å². The molecule has 0 saturated carbocycles. The fourth-order valence-electron chi connectivity index (χ4n) is 3.58. The summed E-state index contributed by atoms with van der Waals surface area (Å²) in [6, 6.07) is 12.0. The molecule has 25 heavy (non-hydrogen) atoms. The van der Waals surface area contributed by atoms with Crippen molar-refractivity contribution in [2.24, 2.45) is 11.8 Å². The average molecular weight is 353 g/mol. The van der Waals surface area contributed by atoms with Crippen LogP contribution in [0.1, 0.15) is 25.3 Å². The van der Waals surface area contributed by atoms with Gasteiger partial charge in [-0.25, -0.2) is 4.98 Å². The van der Waals surface area contributed by atoms with Crippen LogP contribution in [0.25, 0.3) is 16.8 Å². The zero-order valence-corrected chi connectivity index (χ0v) is 15.5. The van der Waals surface area contributed by atoms with Crippen LogP contribution in [0.15, 0.2) is 41.5 Å². The third-order valence-corrected chi connectivity index (χ3v) is 5.37. The van der Waals surface area contributed by atoms with Crippen molar-refractivity contribution in [2.45, 2.75) is 20.3 Å². The van der Waals surface area contributed by atoms with Crippen molar-refractivity contribution in [1.82, 2.24) is 9.88 Å². The first-order chi connectivity index (χ1) is 12.1. The van der Waals surface area contributed by atoms with E-state index in [1.54, 1.807) is 0 Å². The molecule has 1 aliphatic heterocycles. The van der Waals surface area contributed by atoms with Crippen LogP contribution in [0, 0.1) is 23.2 Å². The van der Waals surface area contributed by atoms with Crippen LogP contribution < -0.4 is 0 Å². The van der Waals surface area contributed by atoms with Gasteiger partial charge in [0.1, 0.15) is 22.4 Å². The molecule has 0 aliphatic carbocycles. The van der Waals surface area contributed by atoms with Gasteiger partial charge in [-0.1, -0.05) is 44.2 Å². The highest BCUT2D eigenvalue weighted by molar-refractivity contribution is 7.11. The number of hydrogen-bond acceptors (Lipinski definition) is 5. The first-order valence-electron chi connectivity index (χ1n) is 8.62. The van der Waals surface area contributed by atoms with E-state index in [1.165, 1.54) is 17.8 Å². The Morgan fingerprint density at radius 3 is 2.60 bits per heavy atom. The minimum absolute atomic E-state index is 0.123. The van der Waals surface area contributed by atoms with Crippen LogP contribution in [0.2, 0.25) is 0 Å². The summed E-state index contributed by atoms with van der Waals surface area (Å²) in [5.74, 6) is 1.36. The maximum absolute atomic E-state index is 10.5. The lowest BCUT2D eigenvalue weighted by Gasteiger charge is -2.34. The van der Waals surface area contributed by atoms with E-state index in [-0.39, 0.29) is 11.3 Å². The molecule has 0 radical (unpaired) electrons. The quantitative estimate of drug-likeness (QED) is 0.645.